The summed E-state index contributed by atoms with van der Waals surface area (Å²) in [6.07, 6.45) is 0.600. The molecule has 0 bridgehead atoms. The summed E-state index contributed by atoms with van der Waals surface area (Å²) in [4.78, 5) is 25.6. The molecule has 1 aromatic rings. The lowest BCUT2D eigenvalue weighted by molar-refractivity contribution is -0.149. The quantitative estimate of drug-likeness (QED) is 0.758. The Balaban J connectivity index is 2.32. The first-order chi connectivity index (χ1) is 10.6. The lowest BCUT2D eigenvalue weighted by Crippen LogP contribution is -2.55. The van der Waals surface area contributed by atoms with Crippen LogP contribution < -0.4 is 14.2 Å². The van der Waals surface area contributed by atoms with Gasteiger partial charge in [-0.15, -0.1) is 0 Å². The SMILES string of the molecule is COC(=O)[C@H]1CCN1C(=O)c1cc(OC)c(OC)c(OC)c1. The zero-order valence-electron chi connectivity index (χ0n) is 13.0. The number of hydrogen-bond acceptors (Lipinski definition) is 6. The van der Waals surface area contributed by atoms with E-state index in [0.717, 1.165) is 0 Å². The molecule has 1 amide bonds. The second-order valence-corrected chi connectivity index (χ2v) is 4.74. The van der Waals surface area contributed by atoms with Crippen molar-refractivity contribution in [3.05, 3.63) is 17.7 Å². The van der Waals surface area contributed by atoms with Crippen molar-refractivity contribution in [3.63, 3.8) is 0 Å². The molecule has 1 atom stereocenters. The number of hydrogen-bond donors (Lipinski definition) is 0. The number of amides is 1. The van der Waals surface area contributed by atoms with Crippen molar-refractivity contribution in [3.8, 4) is 17.2 Å². The molecule has 1 aliphatic heterocycles. The van der Waals surface area contributed by atoms with Crippen LogP contribution in [0.1, 0.15) is 16.8 Å². The number of methoxy groups -OCH3 is 4. The van der Waals surface area contributed by atoms with Crippen LogP contribution in [0.15, 0.2) is 12.1 Å². The van der Waals surface area contributed by atoms with E-state index in [1.54, 1.807) is 12.1 Å². The first-order valence-electron chi connectivity index (χ1n) is 6.76. The van der Waals surface area contributed by atoms with Crippen LogP contribution in [0.5, 0.6) is 17.2 Å². The molecule has 1 saturated heterocycles. The smallest absolute Gasteiger partial charge is 0.328 e. The van der Waals surface area contributed by atoms with Crippen molar-refractivity contribution in [2.24, 2.45) is 0 Å². The van der Waals surface area contributed by atoms with Crippen LogP contribution in [0.2, 0.25) is 0 Å². The first kappa shape index (κ1) is 15.9. The number of esters is 1. The molecule has 1 aromatic carbocycles. The zero-order chi connectivity index (χ0) is 16.3. The fourth-order valence-electron chi connectivity index (χ4n) is 2.38. The zero-order valence-corrected chi connectivity index (χ0v) is 13.0. The van der Waals surface area contributed by atoms with E-state index in [1.165, 1.54) is 33.3 Å². The minimum atomic E-state index is -0.531. The van der Waals surface area contributed by atoms with E-state index < -0.39 is 12.0 Å². The Labute approximate surface area is 128 Å². The van der Waals surface area contributed by atoms with Gasteiger partial charge in [0.15, 0.2) is 11.5 Å². The molecule has 0 N–H and O–H groups in total. The van der Waals surface area contributed by atoms with Gasteiger partial charge in [-0.25, -0.2) is 4.79 Å². The Bertz CT molecular complexity index is 560. The van der Waals surface area contributed by atoms with Gasteiger partial charge in [-0.1, -0.05) is 0 Å². The number of likely N-dealkylation sites (tertiary alicyclic amines) is 1. The molecule has 0 aromatic heterocycles. The first-order valence-corrected chi connectivity index (χ1v) is 6.76. The van der Waals surface area contributed by atoms with E-state index in [2.05, 4.69) is 0 Å². The van der Waals surface area contributed by atoms with Crippen molar-refractivity contribution < 1.29 is 28.5 Å². The molecule has 7 heteroatoms. The van der Waals surface area contributed by atoms with E-state index >= 15 is 0 Å². The average Bonchev–Trinajstić information content (AvgIpc) is 2.51. The van der Waals surface area contributed by atoms with Crippen LogP contribution in [0.4, 0.5) is 0 Å². The highest BCUT2D eigenvalue weighted by Crippen LogP contribution is 2.39. The van der Waals surface area contributed by atoms with Crippen LogP contribution in [-0.4, -0.2) is 57.8 Å². The number of benzene rings is 1. The molecule has 1 fully saturated rings. The van der Waals surface area contributed by atoms with Gasteiger partial charge in [0, 0.05) is 12.1 Å². The fourth-order valence-corrected chi connectivity index (χ4v) is 2.38. The van der Waals surface area contributed by atoms with Crippen molar-refractivity contribution >= 4 is 11.9 Å². The molecular weight excluding hydrogens is 290 g/mol. The predicted molar refractivity (Wildman–Crippen MR) is 77.6 cm³/mol. The summed E-state index contributed by atoms with van der Waals surface area (Å²) in [5, 5.41) is 0. The summed E-state index contributed by atoms with van der Waals surface area (Å²) in [5.41, 5.74) is 0.364. The number of ether oxygens (including phenoxy) is 4. The minimum Gasteiger partial charge on any atom is -0.493 e. The van der Waals surface area contributed by atoms with Gasteiger partial charge in [0.05, 0.1) is 28.4 Å². The molecule has 2 rings (SSSR count). The standard InChI is InChI=1S/C15H19NO6/c1-19-11-7-9(8-12(20-2)13(11)21-3)14(17)16-6-5-10(16)15(18)22-4/h7-8,10H,5-6H2,1-4H3/t10-/m1/s1. The number of rotatable bonds is 5. The molecule has 1 heterocycles. The van der Waals surface area contributed by atoms with E-state index in [1.807, 2.05) is 0 Å². The van der Waals surface area contributed by atoms with Gasteiger partial charge in [0.1, 0.15) is 6.04 Å². The largest absolute Gasteiger partial charge is 0.493 e. The van der Waals surface area contributed by atoms with Crippen LogP contribution >= 0.6 is 0 Å². The molecule has 120 valence electrons. The van der Waals surface area contributed by atoms with Crippen LogP contribution in [-0.2, 0) is 9.53 Å². The Morgan fingerprint density at radius 2 is 1.64 bits per heavy atom. The molecule has 0 aliphatic carbocycles. The van der Waals surface area contributed by atoms with Gasteiger partial charge in [0.2, 0.25) is 5.75 Å². The van der Waals surface area contributed by atoms with E-state index in [9.17, 15) is 9.59 Å². The summed E-state index contributed by atoms with van der Waals surface area (Å²) in [5.74, 6) is 0.503. The normalized spacial score (nSPS) is 16.5. The number of carbonyl (C=O) groups is 2. The molecular formula is C15H19NO6. The third-order valence-corrected chi connectivity index (χ3v) is 3.67. The van der Waals surface area contributed by atoms with E-state index in [-0.39, 0.29) is 5.91 Å². The molecule has 1 aliphatic rings. The van der Waals surface area contributed by atoms with Gasteiger partial charge in [-0.2, -0.15) is 0 Å². The molecule has 0 spiro atoms. The Morgan fingerprint density at radius 3 is 2.00 bits per heavy atom. The maximum absolute atomic E-state index is 12.6. The molecule has 0 unspecified atom stereocenters. The third kappa shape index (κ3) is 2.66. The summed E-state index contributed by atoms with van der Waals surface area (Å²) >= 11 is 0. The molecule has 22 heavy (non-hydrogen) atoms. The highest BCUT2D eigenvalue weighted by Gasteiger charge is 2.39. The second kappa shape index (κ2) is 6.55. The molecule has 0 saturated carbocycles. The lowest BCUT2D eigenvalue weighted by atomic mass is 10.0. The van der Waals surface area contributed by atoms with Gasteiger partial charge in [-0.05, 0) is 18.6 Å². The maximum atomic E-state index is 12.6. The fraction of sp³-hybridized carbons (Fsp3) is 0.467. The topological polar surface area (TPSA) is 74.3 Å². The minimum absolute atomic E-state index is 0.277. The highest BCUT2D eigenvalue weighted by molar-refractivity contribution is 5.98. The van der Waals surface area contributed by atoms with Gasteiger partial charge in [0.25, 0.3) is 5.91 Å². The van der Waals surface area contributed by atoms with Crippen molar-refractivity contribution in [1.82, 2.24) is 4.90 Å². The van der Waals surface area contributed by atoms with Crippen molar-refractivity contribution in [1.29, 1.82) is 0 Å². The third-order valence-electron chi connectivity index (χ3n) is 3.67. The summed E-state index contributed by atoms with van der Waals surface area (Å²) in [6.45, 7) is 0.509. The van der Waals surface area contributed by atoms with Crippen LogP contribution in [0.3, 0.4) is 0 Å². The molecule has 7 nitrogen and oxygen atoms in total. The Hall–Kier alpha value is -2.44. The Kier molecular flexibility index (Phi) is 4.75. The monoisotopic (exact) mass is 309 g/mol. The van der Waals surface area contributed by atoms with E-state index in [4.69, 9.17) is 18.9 Å². The van der Waals surface area contributed by atoms with Gasteiger partial charge >= 0.3 is 5.97 Å². The average molecular weight is 309 g/mol. The van der Waals surface area contributed by atoms with Gasteiger partial charge in [-0.3, -0.25) is 4.79 Å². The van der Waals surface area contributed by atoms with Crippen molar-refractivity contribution in [2.45, 2.75) is 12.5 Å². The summed E-state index contributed by atoms with van der Waals surface area (Å²) < 4.78 is 20.4. The number of carbonyl (C=O) groups excluding carboxylic acids is 2. The summed E-state index contributed by atoms with van der Waals surface area (Å²) in [6, 6.07) is 2.60. The maximum Gasteiger partial charge on any atom is 0.328 e. The highest BCUT2D eigenvalue weighted by atomic mass is 16.5. The van der Waals surface area contributed by atoms with Crippen LogP contribution in [0.25, 0.3) is 0 Å². The van der Waals surface area contributed by atoms with Gasteiger partial charge < -0.3 is 23.8 Å². The van der Waals surface area contributed by atoms with E-state index in [0.29, 0.717) is 35.8 Å². The molecule has 0 radical (unpaired) electrons. The number of nitrogens with zero attached hydrogens (tertiary/aromatic N) is 1. The Morgan fingerprint density at radius 1 is 1.05 bits per heavy atom. The second-order valence-electron chi connectivity index (χ2n) is 4.74. The summed E-state index contributed by atoms with van der Waals surface area (Å²) in [7, 11) is 5.76. The predicted octanol–water partition coefficient (Wildman–Crippen LogP) is 1.10. The lowest BCUT2D eigenvalue weighted by Gasteiger charge is -2.38. The van der Waals surface area contributed by atoms with Crippen molar-refractivity contribution in [2.75, 3.05) is 35.0 Å². The van der Waals surface area contributed by atoms with Crippen LogP contribution in [0, 0.1) is 0 Å².